The molecule has 13 heavy (non-hydrogen) atoms. The summed E-state index contributed by atoms with van der Waals surface area (Å²) < 4.78 is 31.6. The van der Waals surface area contributed by atoms with Crippen molar-refractivity contribution in [3.63, 3.8) is 0 Å². The monoisotopic (exact) mass is 215 g/mol. The summed E-state index contributed by atoms with van der Waals surface area (Å²) in [5.74, 6) is 0. The van der Waals surface area contributed by atoms with Gasteiger partial charge in [0, 0.05) is 0 Å². The third-order valence-electron chi connectivity index (χ3n) is 0.881. The van der Waals surface area contributed by atoms with Gasteiger partial charge in [-0.1, -0.05) is 6.92 Å². The highest BCUT2D eigenvalue weighted by molar-refractivity contribution is 7.80. The average molecular weight is 215 g/mol. The van der Waals surface area contributed by atoms with Crippen molar-refractivity contribution in [2.75, 3.05) is 20.7 Å². The van der Waals surface area contributed by atoms with E-state index in [0.29, 0.717) is 6.42 Å². The molecule has 0 aliphatic rings. The fourth-order valence-corrected chi connectivity index (χ4v) is 0.611. The molecule has 1 atom stereocenters. The van der Waals surface area contributed by atoms with Crippen LogP contribution in [0.1, 0.15) is 13.3 Å². The lowest BCUT2D eigenvalue weighted by Crippen LogP contribution is -2.17. The van der Waals surface area contributed by atoms with E-state index in [1.54, 1.807) is 6.92 Å². The summed E-state index contributed by atoms with van der Waals surface area (Å²) in [6.45, 7) is 1.27. The summed E-state index contributed by atoms with van der Waals surface area (Å²) in [5, 5.41) is 11.5. The van der Waals surface area contributed by atoms with Crippen LogP contribution in [0.15, 0.2) is 0 Å². The predicted molar refractivity (Wildman–Crippen MR) is 48.8 cm³/mol. The number of nitrogens with one attached hydrogen (secondary N) is 1. The van der Waals surface area contributed by atoms with E-state index in [0.717, 1.165) is 0 Å². The number of aliphatic hydroxyl groups excluding tert-OH is 1. The highest BCUT2D eigenvalue weighted by atomic mass is 32.3. The van der Waals surface area contributed by atoms with Crippen molar-refractivity contribution in [2.45, 2.75) is 19.4 Å². The summed E-state index contributed by atoms with van der Waals surface area (Å²) in [4.78, 5) is 0. The molecule has 0 aromatic heterocycles. The fraction of sp³-hybridized carbons (Fsp3) is 1.00. The number of aliphatic hydroxyl groups is 1. The van der Waals surface area contributed by atoms with Gasteiger partial charge in [-0.15, -0.1) is 0 Å². The highest BCUT2D eigenvalue weighted by Crippen LogP contribution is 1.93. The van der Waals surface area contributed by atoms with Gasteiger partial charge >= 0.3 is 10.4 Å². The molecule has 0 fully saturated rings. The quantitative estimate of drug-likeness (QED) is 0.543. The van der Waals surface area contributed by atoms with E-state index in [-0.39, 0.29) is 0 Å². The molecular weight excluding hydrogens is 198 g/mol. The Bertz CT molecular complexity index is 191. The van der Waals surface area contributed by atoms with Gasteiger partial charge in [0.25, 0.3) is 0 Å². The minimum absolute atomic E-state index is 0.384. The molecule has 6 nitrogen and oxygen atoms in total. The SMILES string of the molecule is CCC(O)COS(=O)(=O)O.CNC. The molecule has 0 rings (SSSR count). The third-order valence-corrected chi connectivity index (χ3v) is 1.31. The predicted octanol–water partition coefficient (Wildman–Crippen LogP) is -0.588. The molecule has 0 radical (unpaired) electrons. The fourth-order valence-electron chi connectivity index (χ4n) is 0.282. The standard InChI is InChI=1S/C4H10O5S.C2H7N/c1-2-4(5)3-9-10(6,7)8;1-3-2/h4-5H,2-3H2,1H3,(H,6,7,8);3H,1-2H3. The number of hydrogen-bond donors (Lipinski definition) is 3. The van der Waals surface area contributed by atoms with Crippen LogP contribution < -0.4 is 5.32 Å². The molecule has 0 aromatic rings. The molecule has 7 heteroatoms. The van der Waals surface area contributed by atoms with Crippen LogP contribution in [0.3, 0.4) is 0 Å². The molecule has 0 saturated carbocycles. The maximum absolute atomic E-state index is 9.87. The lowest BCUT2D eigenvalue weighted by Gasteiger charge is -2.04. The third kappa shape index (κ3) is 18.6. The Morgan fingerprint density at radius 1 is 1.46 bits per heavy atom. The molecule has 1 unspecified atom stereocenters. The van der Waals surface area contributed by atoms with E-state index in [9.17, 15) is 8.42 Å². The van der Waals surface area contributed by atoms with Crippen molar-refractivity contribution in [1.29, 1.82) is 0 Å². The van der Waals surface area contributed by atoms with Gasteiger partial charge in [-0.25, -0.2) is 4.18 Å². The Morgan fingerprint density at radius 3 is 2.08 bits per heavy atom. The topological polar surface area (TPSA) is 95.9 Å². The second-order valence-electron chi connectivity index (χ2n) is 2.27. The molecule has 0 aliphatic heterocycles. The molecule has 0 spiro atoms. The summed E-state index contributed by atoms with van der Waals surface area (Å²) in [5.41, 5.74) is 0. The van der Waals surface area contributed by atoms with E-state index in [1.807, 2.05) is 14.1 Å². The number of rotatable bonds is 4. The zero-order chi connectivity index (χ0) is 10.9. The summed E-state index contributed by atoms with van der Waals surface area (Å²) in [6, 6.07) is 0. The van der Waals surface area contributed by atoms with E-state index < -0.39 is 23.1 Å². The van der Waals surface area contributed by atoms with Gasteiger partial charge < -0.3 is 10.4 Å². The van der Waals surface area contributed by atoms with Crippen LogP contribution in [0.25, 0.3) is 0 Å². The van der Waals surface area contributed by atoms with Gasteiger partial charge in [0.15, 0.2) is 0 Å². The number of hydrogen-bond acceptors (Lipinski definition) is 5. The van der Waals surface area contributed by atoms with E-state index in [1.165, 1.54) is 0 Å². The van der Waals surface area contributed by atoms with Crippen LogP contribution in [-0.4, -0.2) is 44.9 Å². The molecule has 0 bridgehead atoms. The Kier molecular flexibility index (Phi) is 9.86. The van der Waals surface area contributed by atoms with Gasteiger partial charge in [-0.05, 0) is 20.5 Å². The average Bonchev–Trinajstić information content (AvgIpc) is 2.00. The van der Waals surface area contributed by atoms with Crippen LogP contribution in [-0.2, 0) is 14.6 Å². The molecule has 0 aromatic carbocycles. The van der Waals surface area contributed by atoms with Gasteiger partial charge in [-0.2, -0.15) is 8.42 Å². The lowest BCUT2D eigenvalue weighted by molar-refractivity contribution is 0.0998. The van der Waals surface area contributed by atoms with Crippen LogP contribution >= 0.6 is 0 Å². The second kappa shape index (κ2) is 8.39. The van der Waals surface area contributed by atoms with Crippen molar-refractivity contribution >= 4 is 10.4 Å². The zero-order valence-electron chi connectivity index (χ0n) is 8.02. The molecule has 0 amide bonds. The molecule has 0 saturated heterocycles. The maximum atomic E-state index is 9.87. The molecular formula is C6H17NO5S. The minimum Gasteiger partial charge on any atom is -0.391 e. The van der Waals surface area contributed by atoms with Crippen molar-refractivity contribution in [1.82, 2.24) is 5.32 Å². The summed E-state index contributed by atoms with van der Waals surface area (Å²) in [7, 11) is -0.639. The van der Waals surface area contributed by atoms with E-state index in [4.69, 9.17) is 9.66 Å². The molecule has 0 aliphatic carbocycles. The Morgan fingerprint density at radius 2 is 1.85 bits per heavy atom. The van der Waals surface area contributed by atoms with Crippen LogP contribution in [0.5, 0.6) is 0 Å². The van der Waals surface area contributed by atoms with Gasteiger partial charge in [0.1, 0.15) is 0 Å². The largest absolute Gasteiger partial charge is 0.397 e. The van der Waals surface area contributed by atoms with Crippen LogP contribution in [0.4, 0.5) is 0 Å². The maximum Gasteiger partial charge on any atom is 0.397 e. The first-order valence-electron chi connectivity index (χ1n) is 3.75. The zero-order valence-corrected chi connectivity index (χ0v) is 8.84. The first-order valence-corrected chi connectivity index (χ1v) is 5.12. The van der Waals surface area contributed by atoms with E-state index >= 15 is 0 Å². The second-order valence-corrected chi connectivity index (χ2v) is 3.37. The molecule has 3 N–H and O–H groups in total. The molecule has 82 valence electrons. The van der Waals surface area contributed by atoms with Gasteiger partial charge in [0.05, 0.1) is 12.7 Å². The van der Waals surface area contributed by atoms with Gasteiger partial charge in [-0.3, -0.25) is 4.55 Å². The van der Waals surface area contributed by atoms with Crippen molar-refractivity contribution in [2.24, 2.45) is 0 Å². The van der Waals surface area contributed by atoms with Crippen molar-refractivity contribution in [3.05, 3.63) is 0 Å². The Labute approximate surface area is 78.9 Å². The highest BCUT2D eigenvalue weighted by Gasteiger charge is 2.07. The Balaban J connectivity index is 0. The normalized spacial score (nSPS) is 13.0. The summed E-state index contributed by atoms with van der Waals surface area (Å²) in [6.07, 6.45) is -0.461. The van der Waals surface area contributed by atoms with Crippen LogP contribution in [0, 0.1) is 0 Å². The smallest absolute Gasteiger partial charge is 0.391 e. The van der Waals surface area contributed by atoms with Crippen molar-refractivity contribution in [3.8, 4) is 0 Å². The van der Waals surface area contributed by atoms with Crippen LogP contribution in [0.2, 0.25) is 0 Å². The van der Waals surface area contributed by atoms with Crippen molar-refractivity contribution < 1.29 is 22.3 Å². The Hall–Kier alpha value is -0.210. The lowest BCUT2D eigenvalue weighted by atomic mass is 10.3. The first kappa shape index (κ1) is 15.3. The minimum atomic E-state index is -4.39. The van der Waals surface area contributed by atoms with Gasteiger partial charge in [0.2, 0.25) is 0 Å². The summed E-state index contributed by atoms with van der Waals surface area (Å²) >= 11 is 0. The van der Waals surface area contributed by atoms with E-state index in [2.05, 4.69) is 9.50 Å². The first-order chi connectivity index (χ1) is 5.87. The molecule has 0 heterocycles.